The molecule has 1 N–H and O–H groups in total. The van der Waals surface area contributed by atoms with Gasteiger partial charge in [-0.15, -0.1) is 0 Å². The number of hydrogen-bond donors (Lipinski definition) is 1. The maximum Gasteiger partial charge on any atom is 0.412 e. The maximum absolute atomic E-state index is 12.7. The largest absolute Gasteiger partial charge is 0.465 e. The molecule has 0 saturated carbocycles. The third-order valence-corrected chi connectivity index (χ3v) is 4.24. The number of carbonyl (C=O) groups is 3. The van der Waals surface area contributed by atoms with E-state index in [4.69, 9.17) is 9.47 Å². The molecule has 1 aliphatic rings. The van der Waals surface area contributed by atoms with Crippen LogP contribution in [0.5, 0.6) is 0 Å². The molecule has 0 aromatic heterocycles. The molecular weight excluding hydrogens is 336 g/mol. The van der Waals surface area contributed by atoms with Crippen LogP contribution in [0.2, 0.25) is 0 Å². The summed E-state index contributed by atoms with van der Waals surface area (Å²) in [5, 5.41) is 2.61. The highest BCUT2D eigenvalue weighted by atomic mass is 16.6. The molecule has 0 bridgehead atoms. The molecule has 7 heteroatoms. The van der Waals surface area contributed by atoms with Gasteiger partial charge in [-0.2, -0.15) is 0 Å². The Hall–Kier alpha value is -2.57. The first kappa shape index (κ1) is 19.8. The van der Waals surface area contributed by atoms with Crippen molar-refractivity contribution in [2.45, 2.75) is 52.6 Å². The summed E-state index contributed by atoms with van der Waals surface area (Å²) in [5.41, 5.74) is 0.371. The van der Waals surface area contributed by atoms with Gasteiger partial charge in [-0.25, -0.2) is 9.59 Å². The summed E-state index contributed by atoms with van der Waals surface area (Å²) in [6.45, 7) is 11.2. The lowest BCUT2D eigenvalue weighted by atomic mass is 9.85. The molecule has 2 amide bonds. The van der Waals surface area contributed by atoms with Gasteiger partial charge in [0.1, 0.15) is 5.60 Å². The van der Waals surface area contributed by atoms with Crippen LogP contribution >= 0.6 is 0 Å². The van der Waals surface area contributed by atoms with Crippen LogP contribution in [0.4, 0.5) is 16.2 Å². The molecule has 0 spiro atoms. The van der Waals surface area contributed by atoms with E-state index in [0.717, 1.165) is 5.56 Å². The van der Waals surface area contributed by atoms with Gasteiger partial charge in [0.15, 0.2) is 0 Å². The number of nitrogens with one attached hydrogen (secondary N) is 1. The summed E-state index contributed by atoms with van der Waals surface area (Å²) in [4.78, 5) is 38.7. The number of rotatable bonds is 3. The van der Waals surface area contributed by atoms with Crippen molar-refractivity contribution < 1.29 is 23.9 Å². The molecule has 0 unspecified atom stereocenters. The van der Waals surface area contributed by atoms with Gasteiger partial charge in [0.2, 0.25) is 5.91 Å². The van der Waals surface area contributed by atoms with Gasteiger partial charge in [-0.05, 0) is 59.2 Å². The minimum absolute atomic E-state index is 0.0553. The van der Waals surface area contributed by atoms with Crippen LogP contribution in [0, 0.1) is 0 Å². The van der Waals surface area contributed by atoms with Gasteiger partial charge >= 0.3 is 12.1 Å². The summed E-state index contributed by atoms with van der Waals surface area (Å²) in [5.74, 6) is -0.660. The predicted octanol–water partition coefficient (Wildman–Crippen LogP) is 3.46. The van der Waals surface area contributed by atoms with Crippen LogP contribution in [0.1, 0.15) is 57.5 Å². The normalized spacial score (nSPS) is 15.5. The summed E-state index contributed by atoms with van der Waals surface area (Å²) in [6.07, 6.45) is -0.683. The van der Waals surface area contributed by atoms with Crippen molar-refractivity contribution in [3.8, 4) is 0 Å². The molecule has 142 valence electrons. The fraction of sp³-hybridized carbons (Fsp3) is 0.526. The third-order valence-electron chi connectivity index (χ3n) is 4.24. The first-order chi connectivity index (χ1) is 11.9. The Kier molecular flexibility index (Phi) is 5.03. The molecule has 7 nitrogen and oxygen atoms in total. The first-order valence-electron chi connectivity index (χ1n) is 8.51. The Morgan fingerprint density at radius 3 is 2.35 bits per heavy atom. The molecule has 1 aliphatic heterocycles. The summed E-state index contributed by atoms with van der Waals surface area (Å²) >= 11 is 0. The number of carbonyl (C=O) groups excluding carboxylic acids is 3. The zero-order valence-corrected chi connectivity index (χ0v) is 16.4. The monoisotopic (exact) mass is 362 g/mol. The lowest BCUT2D eigenvalue weighted by Crippen LogP contribution is -2.35. The highest BCUT2D eigenvalue weighted by Gasteiger charge is 2.44. The zero-order valence-electron chi connectivity index (χ0n) is 16.4. The van der Waals surface area contributed by atoms with E-state index in [1.54, 1.807) is 37.8 Å². The molecule has 0 saturated heterocycles. The number of benzene rings is 1. The average molecular weight is 362 g/mol. The minimum atomic E-state index is -0.760. The second kappa shape index (κ2) is 6.63. The Bertz CT molecular complexity index is 762. The lowest BCUT2D eigenvalue weighted by Gasteiger charge is -2.21. The van der Waals surface area contributed by atoms with E-state index in [1.807, 2.05) is 20.8 Å². The molecule has 0 radical (unpaired) electrons. The molecule has 0 fully saturated rings. The van der Waals surface area contributed by atoms with Crippen molar-refractivity contribution >= 4 is 29.3 Å². The summed E-state index contributed by atoms with van der Waals surface area (Å²) < 4.78 is 10.1. The fourth-order valence-electron chi connectivity index (χ4n) is 2.98. The smallest absolute Gasteiger partial charge is 0.412 e. The number of fused-ring (bicyclic) bond motifs is 1. The Morgan fingerprint density at radius 1 is 1.23 bits per heavy atom. The van der Waals surface area contributed by atoms with Crippen LogP contribution < -0.4 is 10.2 Å². The van der Waals surface area contributed by atoms with Crippen LogP contribution in [-0.4, -0.2) is 37.2 Å². The number of likely N-dealkylation sites (N-methyl/N-ethyl adjacent to an activating group) is 1. The molecule has 0 atom stereocenters. The number of ether oxygens (including phenoxy) is 2. The summed E-state index contributed by atoms with van der Waals surface area (Å²) in [7, 11) is 1.26. The van der Waals surface area contributed by atoms with Crippen molar-refractivity contribution in [2.75, 3.05) is 23.9 Å². The Balaban J connectivity index is 2.55. The van der Waals surface area contributed by atoms with Gasteiger partial charge in [0.25, 0.3) is 0 Å². The molecule has 1 aromatic carbocycles. The van der Waals surface area contributed by atoms with Gasteiger partial charge in [-0.1, -0.05) is 0 Å². The van der Waals surface area contributed by atoms with E-state index in [2.05, 4.69) is 5.32 Å². The van der Waals surface area contributed by atoms with E-state index >= 15 is 0 Å². The van der Waals surface area contributed by atoms with Gasteiger partial charge < -0.3 is 14.4 Å². The van der Waals surface area contributed by atoms with E-state index < -0.39 is 23.1 Å². The number of nitrogens with zero attached hydrogens (tertiary/aromatic N) is 1. The molecule has 2 rings (SSSR count). The minimum Gasteiger partial charge on any atom is -0.465 e. The van der Waals surface area contributed by atoms with Crippen molar-refractivity contribution in [1.82, 2.24) is 0 Å². The Labute approximate surface area is 153 Å². The average Bonchev–Trinajstić information content (AvgIpc) is 2.70. The van der Waals surface area contributed by atoms with Gasteiger partial charge in [-0.3, -0.25) is 10.1 Å². The van der Waals surface area contributed by atoms with Crippen molar-refractivity contribution in [3.05, 3.63) is 23.3 Å². The third kappa shape index (κ3) is 3.52. The number of hydrogen-bond acceptors (Lipinski definition) is 5. The molecule has 26 heavy (non-hydrogen) atoms. The second-order valence-corrected chi connectivity index (χ2v) is 7.71. The van der Waals surface area contributed by atoms with Gasteiger partial charge in [0.05, 0.1) is 23.8 Å². The highest BCUT2D eigenvalue weighted by Crippen LogP contribution is 2.44. The Morgan fingerprint density at radius 2 is 1.85 bits per heavy atom. The van der Waals surface area contributed by atoms with Gasteiger partial charge in [0, 0.05) is 12.2 Å². The molecule has 1 aromatic rings. The summed E-state index contributed by atoms with van der Waals surface area (Å²) in [6, 6.07) is 3.24. The van der Waals surface area contributed by atoms with E-state index in [1.165, 1.54) is 7.11 Å². The van der Waals surface area contributed by atoms with Crippen LogP contribution in [0.15, 0.2) is 12.1 Å². The number of esters is 1. The van der Waals surface area contributed by atoms with E-state index in [-0.39, 0.29) is 17.2 Å². The van der Waals surface area contributed by atoms with Crippen molar-refractivity contribution in [3.63, 3.8) is 0 Å². The molecular formula is C19H26N2O5. The number of anilines is 2. The second-order valence-electron chi connectivity index (χ2n) is 7.71. The van der Waals surface area contributed by atoms with Crippen LogP contribution in [0.3, 0.4) is 0 Å². The van der Waals surface area contributed by atoms with Crippen molar-refractivity contribution in [2.24, 2.45) is 0 Å². The zero-order chi connectivity index (χ0) is 19.9. The first-order valence-corrected chi connectivity index (χ1v) is 8.51. The van der Waals surface area contributed by atoms with E-state index in [0.29, 0.717) is 12.2 Å². The maximum atomic E-state index is 12.7. The standard InChI is InChI=1S/C19H26N2O5/c1-8-21-14-9-11(15(22)25-7)13(20-17(24)26-18(2,3)4)10-12(14)19(5,6)16(21)23/h9-10H,8H2,1-7H3,(H,20,24). The molecule has 1 heterocycles. The van der Waals surface area contributed by atoms with Crippen LogP contribution in [0.25, 0.3) is 0 Å². The highest BCUT2D eigenvalue weighted by molar-refractivity contribution is 6.10. The number of amides is 2. The quantitative estimate of drug-likeness (QED) is 0.832. The predicted molar refractivity (Wildman–Crippen MR) is 98.7 cm³/mol. The van der Waals surface area contributed by atoms with Crippen molar-refractivity contribution in [1.29, 1.82) is 0 Å². The van der Waals surface area contributed by atoms with E-state index in [9.17, 15) is 14.4 Å². The topological polar surface area (TPSA) is 84.9 Å². The SMILES string of the molecule is CCN1C(=O)C(C)(C)c2cc(NC(=O)OC(C)(C)C)c(C(=O)OC)cc21. The lowest BCUT2D eigenvalue weighted by molar-refractivity contribution is -0.122. The fourth-order valence-corrected chi connectivity index (χ4v) is 2.98. The molecule has 0 aliphatic carbocycles. The number of methoxy groups -OCH3 is 1. The van der Waals surface area contributed by atoms with Crippen LogP contribution in [-0.2, 0) is 19.7 Å².